The molecule has 1 amide bonds. The number of nitriles is 1. The zero-order valence-electron chi connectivity index (χ0n) is 8.00. The topological polar surface area (TPSA) is 44.1 Å². The van der Waals surface area contributed by atoms with Gasteiger partial charge in [0.1, 0.15) is 6.54 Å². The van der Waals surface area contributed by atoms with Crippen LogP contribution >= 0.6 is 31.9 Å². The number of hydrogen-bond donors (Lipinski definition) is 0. The second kappa shape index (κ2) is 5.29. The molecule has 0 bridgehead atoms. The van der Waals surface area contributed by atoms with E-state index >= 15 is 0 Å². The highest BCUT2D eigenvalue weighted by Gasteiger charge is 2.14. The van der Waals surface area contributed by atoms with Crippen molar-refractivity contribution in [1.29, 1.82) is 5.26 Å². The minimum atomic E-state index is -0.176. The first-order chi connectivity index (χ1) is 7.06. The van der Waals surface area contributed by atoms with Gasteiger partial charge in [-0.05, 0) is 34.1 Å². The number of hydrogen-bond acceptors (Lipinski definition) is 2. The largest absolute Gasteiger partial charge is 0.328 e. The van der Waals surface area contributed by atoms with Gasteiger partial charge in [0, 0.05) is 16.0 Å². The summed E-state index contributed by atoms with van der Waals surface area (Å²) < 4.78 is 1.56. The van der Waals surface area contributed by atoms with E-state index < -0.39 is 0 Å². The molecule has 0 aliphatic rings. The smallest absolute Gasteiger partial charge is 0.255 e. The Labute approximate surface area is 105 Å². The lowest BCUT2D eigenvalue weighted by atomic mass is 10.2. The van der Waals surface area contributed by atoms with Crippen molar-refractivity contribution in [1.82, 2.24) is 4.90 Å². The maximum atomic E-state index is 11.8. The summed E-state index contributed by atoms with van der Waals surface area (Å²) in [6.45, 7) is 0.0811. The van der Waals surface area contributed by atoms with Crippen molar-refractivity contribution >= 4 is 37.8 Å². The third-order valence-electron chi connectivity index (χ3n) is 1.81. The van der Waals surface area contributed by atoms with Gasteiger partial charge in [0.05, 0.1) is 11.6 Å². The first-order valence-electron chi connectivity index (χ1n) is 4.13. The molecule has 1 aromatic carbocycles. The molecule has 0 heterocycles. The van der Waals surface area contributed by atoms with E-state index in [4.69, 9.17) is 5.26 Å². The number of carbonyl (C=O) groups is 1. The molecule has 3 nitrogen and oxygen atoms in total. The van der Waals surface area contributed by atoms with Gasteiger partial charge in [-0.25, -0.2) is 0 Å². The summed E-state index contributed by atoms with van der Waals surface area (Å²) in [7, 11) is 1.60. The van der Waals surface area contributed by atoms with Gasteiger partial charge in [-0.2, -0.15) is 5.26 Å². The van der Waals surface area contributed by atoms with Gasteiger partial charge in [0.15, 0.2) is 0 Å². The number of rotatable bonds is 2. The van der Waals surface area contributed by atoms with E-state index in [1.165, 1.54) is 4.90 Å². The SMILES string of the molecule is CN(CC#N)C(=O)c1cc(Br)ccc1Br. The van der Waals surface area contributed by atoms with Crippen molar-refractivity contribution in [3.63, 3.8) is 0 Å². The number of halogens is 2. The number of carbonyl (C=O) groups excluding carboxylic acids is 1. The Bertz CT molecular complexity index is 426. The first-order valence-corrected chi connectivity index (χ1v) is 5.72. The van der Waals surface area contributed by atoms with Crippen LogP contribution in [0, 0.1) is 11.3 Å². The number of amides is 1. The normalized spacial score (nSPS) is 9.47. The standard InChI is InChI=1S/C10H8Br2N2O/c1-14(5-4-13)10(15)8-6-7(11)2-3-9(8)12/h2-3,6H,5H2,1H3. The van der Waals surface area contributed by atoms with Crippen molar-refractivity contribution in [2.24, 2.45) is 0 Å². The number of benzene rings is 1. The Morgan fingerprint density at radius 1 is 1.53 bits per heavy atom. The van der Waals surface area contributed by atoms with Gasteiger partial charge < -0.3 is 4.90 Å². The fourth-order valence-corrected chi connectivity index (χ4v) is 1.82. The molecular weight excluding hydrogens is 324 g/mol. The lowest BCUT2D eigenvalue weighted by Crippen LogP contribution is -2.27. The minimum Gasteiger partial charge on any atom is -0.328 e. The molecule has 78 valence electrons. The van der Waals surface area contributed by atoms with Crippen molar-refractivity contribution in [2.75, 3.05) is 13.6 Å². The highest BCUT2D eigenvalue weighted by molar-refractivity contribution is 9.11. The van der Waals surface area contributed by atoms with Gasteiger partial charge in [0.25, 0.3) is 5.91 Å². The molecule has 0 saturated heterocycles. The summed E-state index contributed by atoms with van der Waals surface area (Å²) in [4.78, 5) is 13.2. The van der Waals surface area contributed by atoms with Crippen LogP contribution in [0.15, 0.2) is 27.1 Å². The molecule has 0 aromatic heterocycles. The molecule has 0 aliphatic heterocycles. The van der Waals surface area contributed by atoms with E-state index in [1.807, 2.05) is 12.1 Å². The first kappa shape index (κ1) is 12.2. The van der Waals surface area contributed by atoms with E-state index in [0.29, 0.717) is 5.56 Å². The van der Waals surface area contributed by atoms with Crippen LogP contribution in [0.4, 0.5) is 0 Å². The number of nitrogens with zero attached hydrogens (tertiary/aromatic N) is 2. The average molecular weight is 332 g/mol. The summed E-state index contributed by atoms with van der Waals surface area (Å²) >= 11 is 6.60. The van der Waals surface area contributed by atoms with Crippen LogP contribution < -0.4 is 0 Å². The van der Waals surface area contributed by atoms with Crippen molar-refractivity contribution < 1.29 is 4.79 Å². The highest BCUT2D eigenvalue weighted by atomic mass is 79.9. The molecular formula is C10H8Br2N2O. The summed E-state index contributed by atoms with van der Waals surface area (Å²) in [5, 5.41) is 8.49. The van der Waals surface area contributed by atoms with Gasteiger partial charge in [-0.15, -0.1) is 0 Å². The highest BCUT2D eigenvalue weighted by Crippen LogP contribution is 2.22. The molecule has 0 aliphatic carbocycles. The van der Waals surface area contributed by atoms with Crippen molar-refractivity contribution in [3.8, 4) is 6.07 Å². The monoisotopic (exact) mass is 330 g/mol. The third kappa shape index (κ3) is 3.05. The second-order valence-corrected chi connectivity index (χ2v) is 4.71. The van der Waals surface area contributed by atoms with Crippen LogP contribution in [0.1, 0.15) is 10.4 Å². The van der Waals surface area contributed by atoms with E-state index in [-0.39, 0.29) is 12.5 Å². The third-order valence-corrected chi connectivity index (χ3v) is 3.00. The maximum absolute atomic E-state index is 11.8. The average Bonchev–Trinajstić information content (AvgIpc) is 2.21. The molecule has 0 atom stereocenters. The van der Waals surface area contributed by atoms with Gasteiger partial charge in [-0.3, -0.25) is 4.79 Å². The zero-order valence-corrected chi connectivity index (χ0v) is 11.2. The Kier molecular flexibility index (Phi) is 4.30. The Morgan fingerprint density at radius 3 is 2.80 bits per heavy atom. The summed E-state index contributed by atoms with van der Waals surface area (Å²) in [5.41, 5.74) is 0.544. The maximum Gasteiger partial charge on any atom is 0.255 e. The lowest BCUT2D eigenvalue weighted by molar-refractivity contribution is 0.0811. The molecule has 0 fully saturated rings. The Hall–Kier alpha value is -0.860. The Balaban J connectivity index is 3.01. The molecule has 0 saturated carbocycles. The minimum absolute atomic E-state index is 0.0811. The van der Waals surface area contributed by atoms with Gasteiger partial charge in [0.2, 0.25) is 0 Å². The van der Waals surface area contributed by atoms with E-state index in [2.05, 4.69) is 31.9 Å². The molecule has 1 aromatic rings. The molecule has 1 rings (SSSR count). The van der Waals surface area contributed by atoms with Crippen LogP contribution in [0.3, 0.4) is 0 Å². The fraction of sp³-hybridized carbons (Fsp3) is 0.200. The summed E-state index contributed by atoms with van der Waals surface area (Å²) in [6, 6.07) is 7.28. The van der Waals surface area contributed by atoms with Crippen LogP contribution in [0.5, 0.6) is 0 Å². The molecule has 0 N–H and O–H groups in total. The predicted molar refractivity (Wildman–Crippen MR) is 64.4 cm³/mol. The van der Waals surface area contributed by atoms with Crippen LogP contribution in [0.2, 0.25) is 0 Å². The predicted octanol–water partition coefficient (Wildman–Crippen LogP) is 2.81. The second-order valence-electron chi connectivity index (χ2n) is 2.94. The van der Waals surface area contributed by atoms with E-state index in [9.17, 15) is 4.79 Å². The molecule has 0 unspecified atom stereocenters. The Morgan fingerprint density at radius 2 is 2.20 bits per heavy atom. The van der Waals surface area contributed by atoms with E-state index in [0.717, 1.165) is 8.95 Å². The molecule has 0 radical (unpaired) electrons. The molecule has 5 heteroatoms. The van der Waals surface area contributed by atoms with Crippen molar-refractivity contribution in [2.45, 2.75) is 0 Å². The van der Waals surface area contributed by atoms with Crippen LogP contribution in [-0.4, -0.2) is 24.4 Å². The van der Waals surface area contributed by atoms with E-state index in [1.54, 1.807) is 19.2 Å². The zero-order chi connectivity index (χ0) is 11.4. The quantitative estimate of drug-likeness (QED) is 0.782. The van der Waals surface area contributed by atoms with Gasteiger partial charge in [-0.1, -0.05) is 15.9 Å². The summed E-state index contributed by atoms with van der Waals surface area (Å²) in [5.74, 6) is -0.176. The lowest BCUT2D eigenvalue weighted by Gasteiger charge is -2.14. The van der Waals surface area contributed by atoms with Gasteiger partial charge >= 0.3 is 0 Å². The fourth-order valence-electron chi connectivity index (χ4n) is 1.04. The molecule has 15 heavy (non-hydrogen) atoms. The van der Waals surface area contributed by atoms with Crippen LogP contribution in [0.25, 0.3) is 0 Å². The summed E-state index contributed by atoms with van der Waals surface area (Å²) in [6.07, 6.45) is 0. The molecule has 0 spiro atoms. The van der Waals surface area contributed by atoms with Crippen molar-refractivity contribution in [3.05, 3.63) is 32.7 Å². The van der Waals surface area contributed by atoms with Crippen LogP contribution in [-0.2, 0) is 0 Å².